The lowest BCUT2D eigenvalue weighted by Gasteiger charge is -2.61. The average Bonchev–Trinajstić information content (AvgIpc) is 3.10. The highest BCUT2D eigenvalue weighted by molar-refractivity contribution is 5.67. The Morgan fingerprint density at radius 3 is 2.44 bits per heavy atom. The third-order valence-corrected chi connectivity index (χ3v) is 11.2. The van der Waals surface area contributed by atoms with Gasteiger partial charge in [0.1, 0.15) is 5.60 Å². The van der Waals surface area contributed by atoms with Crippen LogP contribution in [0.4, 0.5) is 4.79 Å². The lowest BCUT2D eigenvalue weighted by Crippen LogP contribution is -2.54. The first-order chi connectivity index (χ1) is 15.9. The van der Waals surface area contributed by atoms with Crippen LogP contribution in [0, 0.1) is 46.3 Å². The second-order valence-electron chi connectivity index (χ2n) is 14.2. The second kappa shape index (κ2) is 9.94. The number of alkyl carbamates (subject to hydrolysis) is 1. The van der Waals surface area contributed by atoms with Gasteiger partial charge in [0.2, 0.25) is 0 Å². The van der Waals surface area contributed by atoms with Crippen molar-refractivity contribution in [3.05, 3.63) is 0 Å². The molecule has 0 aromatic carbocycles. The summed E-state index contributed by atoms with van der Waals surface area (Å²) in [5, 5.41) is 13.2. The highest BCUT2D eigenvalue weighted by atomic mass is 16.6. The van der Waals surface area contributed by atoms with E-state index in [1.54, 1.807) is 0 Å². The molecule has 196 valence electrons. The van der Waals surface area contributed by atoms with Crippen LogP contribution < -0.4 is 5.32 Å². The smallest absolute Gasteiger partial charge is 0.407 e. The summed E-state index contributed by atoms with van der Waals surface area (Å²) in [5.74, 6) is 5.11. The van der Waals surface area contributed by atoms with Gasteiger partial charge in [0.15, 0.2) is 0 Å². The summed E-state index contributed by atoms with van der Waals surface area (Å²) in [5.41, 5.74) is 0.571. The Labute approximate surface area is 209 Å². The Hall–Kier alpha value is -0.770. The Kier molecular flexibility index (Phi) is 7.69. The van der Waals surface area contributed by atoms with Crippen molar-refractivity contribution in [2.45, 2.75) is 130 Å². The highest BCUT2D eigenvalue weighted by Gasteiger charge is 2.60. The normalized spacial score (nSPS) is 42.8. The zero-order valence-corrected chi connectivity index (χ0v) is 23.0. The number of carbonyl (C=O) groups excluding carboxylic acids is 1. The van der Waals surface area contributed by atoms with Crippen LogP contribution in [0.25, 0.3) is 0 Å². The van der Waals surface area contributed by atoms with Crippen molar-refractivity contribution in [2.24, 2.45) is 46.3 Å². The number of fused-ring (bicyclic) bond motifs is 5. The molecule has 4 rings (SSSR count). The summed E-state index contributed by atoms with van der Waals surface area (Å²) in [6.07, 6.45) is 15.0. The van der Waals surface area contributed by atoms with E-state index in [0.717, 1.165) is 54.8 Å². The lowest BCUT2D eigenvalue weighted by molar-refractivity contribution is -0.129. The molecule has 2 N–H and O–H groups in total. The van der Waals surface area contributed by atoms with E-state index in [4.69, 9.17) is 4.74 Å². The van der Waals surface area contributed by atoms with Gasteiger partial charge in [0, 0.05) is 6.54 Å². The molecule has 4 heteroatoms. The van der Waals surface area contributed by atoms with E-state index < -0.39 is 5.60 Å². The molecule has 1 amide bonds. The SMILES string of the molecule is CC(CCCCNC(=O)OC(C)(C)C)[C@H]1CC[C@H]2[C@@H]3CC[C@H]4C[C@@H](O)CC[C@]4(C)[C@H]3CC[C@]12C. The first kappa shape index (κ1) is 26.3. The first-order valence-corrected chi connectivity index (χ1v) is 14.6. The lowest BCUT2D eigenvalue weighted by atomic mass is 9.44. The van der Waals surface area contributed by atoms with E-state index >= 15 is 0 Å². The number of nitrogens with one attached hydrogen (secondary N) is 1. The summed E-state index contributed by atoms with van der Waals surface area (Å²) < 4.78 is 5.35. The molecule has 0 spiro atoms. The van der Waals surface area contributed by atoms with Crippen molar-refractivity contribution < 1.29 is 14.6 Å². The number of hydrogen-bond acceptors (Lipinski definition) is 3. The minimum atomic E-state index is -0.430. The minimum Gasteiger partial charge on any atom is -0.444 e. The Morgan fingerprint density at radius 2 is 1.71 bits per heavy atom. The number of aliphatic hydroxyl groups excluding tert-OH is 1. The van der Waals surface area contributed by atoms with Crippen molar-refractivity contribution in [2.75, 3.05) is 6.54 Å². The molecule has 0 bridgehead atoms. The second-order valence-corrected chi connectivity index (χ2v) is 14.2. The van der Waals surface area contributed by atoms with Gasteiger partial charge in [-0.05, 0) is 131 Å². The molecule has 0 aliphatic heterocycles. The Bertz CT molecular complexity index is 716. The van der Waals surface area contributed by atoms with Gasteiger partial charge in [-0.15, -0.1) is 0 Å². The third kappa shape index (κ3) is 5.18. The van der Waals surface area contributed by atoms with E-state index in [9.17, 15) is 9.90 Å². The zero-order valence-electron chi connectivity index (χ0n) is 23.0. The molecule has 4 fully saturated rings. The van der Waals surface area contributed by atoms with E-state index in [0.29, 0.717) is 17.4 Å². The molecule has 0 aromatic heterocycles. The van der Waals surface area contributed by atoms with Crippen LogP contribution in [-0.2, 0) is 4.74 Å². The average molecular weight is 476 g/mol. The van der Waals surface area contributed by atoms with Crippen LogP contribution in [0.3, 0.4) is 0 Å². The molecule has 4 saturated carbocycles. The summed E-state index contributed by atoms with van der Waals surface area (Å²) >= 11 is 0. The molecule has 4 aliphatic carbocycles. The minimum absolute atomic E-state index is 0.0421. The van der Waals surface area contributed by atoms with Gasteiger partial charge in [-0.3, -0.25) is 0 Å². The summed E-state index contributed by atoms with van der Waals surface area (Å²) in [4.78, 5) is 11.9. The number of hydrogen-bond donors (Lipinski definition) is 2. The van der Waals surface area contributed by atoms with Crippen LogP contribution in [0.2, 0.25) is 0 Å². The summed E-state index contributed by atoms with van der Waals surface area (Å²) in [7, 11) is 0. The molecule has 4 aliphatic rings. The molecular formula is C30H53NO3. The van der Waals surface area contributed by atoms with Gasteiger partial charge in [-0.1, -0.05) is 33.6 Å². The predicted molar refractivity (Wildman–Crippen MR) is 138 cm³/mol. The monoisotopic (exact) mass is 475 g/mol. The van der Waals surface area contributed by atoms with E-state index in [-0.39, 0.29) is 12.2 Å². The van der Waals surface area contributed by atoms with Gasteiger partial charge in [-0.2, -0.15) is 0 Å². The zero-order chi connectivity index (χ0) is 24.7. The van der Waals surface area contributed by atoms with Crippen LogP contribution >= 0.6 is 0 Å². The maximum Gasteiger partial charge on any atom is 0.407 e. The molecular weight excluding hydrogens is 422 g/mol. The largest absolute Gasteiger partial charge is 0.444 e. The van der Waals surface area contributed by atoms with Crippen molar-refractivity contribution in [3.63, 3.8) is 0 Å². The number of carbonyl (C=O) groups is 1. The fourth-order valence-electron chi connectivity index (χ4n) is 9.51. The quantitative estimate of drug-likeness (QED) is 0.395. The number of rotatable bonds is 6. The first-order valence-electron chi connectivity index (χ1n) is 14.6. The number of unbranched alkanes of at least 4 members (excludes halogenated alkanes) is 1. The maximum absolute atomic E-state index is 11.9. The van der Waals surface area contributed by atoms with Crippen LogP contribution in [-0.4, -0.2) is 29.4 Å². The van der Waals surface area contributed by atoms with Gasteiger partial charge in [0.25, 0.3) is 0 Å². The van der Waals surface area contributed by atoms with Crippen molar-refractivity contribution in [1.29, 1.82) is 0 Å². The van der Waals surface area contributed by atoms with E-state index in [1.807, 2.05) is 20.8 Å². The van der Waals surface area contributed by atoms with Crippen LogP contribution in [0.5, 0.6) is 0 Å². The molecule has 0 heterocycles. The Balaban J connectivity index is 1.28. The van der Waals surface area contributed by atoms with E-state index in [1.165, 1.54) is 57.8 Å². The van der Waals surface area contributed by atoms with Crippen LogP contribution in [0.15, 0.2) is 0 Å². The third-order valence-electron chi connectivity index (χ3n) is 11.2. The number of amides is 1. The number of ether oxygens (including phenoxy) is 1. The van der Waals surface area contributed by atoms with Gasteiger partial charge >= 0.3 is 6.09 Å². The summed E-state index contributed by atoms with van der Waals surface area (Å²) in [6, 6.07) is 0. The van der Waals surface area contributed by atoms with E-state index in [2.05, 4.69) is 26.1 Å². The van der Waals surface area contributed by atoms with Crippen molar-refractivity contribution >= 4 is 6.09 Å². The summed E-state index contributed by atoms with van der Waals surface area (Å²) in [6.45, 7) is 14.2. The molecule has 0 radical (unpaired) electrons. The number of aliphatic hydroxyl groups is 1. The highest BCUT2D eigenvalue weighted by Crippen LogP contribution is 2.68. The molecule has 4 nitrogen and oxygen atoms in total. The molecule has 9 atom stereocenters. The maximum atomic E-state index is 11.9. The van der Waals surface area contributed by atoms with Gasteiger partial charge in [-0.25, -0.2) is 4.79 Å². The van der Waals surface area contributed by atoms with Crippen molar-refractivity contribution in [1.82, 2.24) is 5.32 Å². The fraction of sp³-hybridized carbons (Fsp3) is 0.967. The molecule has 0 aromatic rings. The fourth-order valence-corrected chi connectivity index (χ4v) is 9.51. The topological polar surface area (TPSA) is 58.6 Å². The van der Waals surface area contributed by atoms with Gasteiger partial charge in [0.05, 0.1) is 6.10 Å². The standard InChI is InChI=1S/C30H53NO3/c1-20(9-7-8-18-31-27(33)34-28(2,3)4)24-12-13-25-23-11-10-21-19-22(32)14-16-29(21,5)26(23)15-17-30(24,25)6/h20-26,32H,7-19H2,1-6H3,(H,31,33)/t20?,21-,22-,23-,24+,25-,26-,29-,30+/m0/s1. The van der Waals surface area contributed by atoms with Crippen LogP contribution in [0.1, 0.15) is 119 Å². The van der Waals surface area contributed by atoms with Crippen molar-refractivity contribution in [3.8, 4) is 0 Å². The predicted octanol–water partition coefficient (Wildman–Crippen LogP) is 7.34. The molecule has 0 saturated heterocycles. The van der Waals surface area contributed by atoms with Gasteiger partial charge < -0.3 is 15.2 Å². The Morgan fingerprint density at radius 1 is 1.00 bits per heavy atom. The molecule has 34 heavy (non-hydrogen) atoms. The molecule has 1 unspecified atom stereocenters.